The van der Waals surface area contributed by atoms with Crippen molar-refractivity contribution in [3.63, 3.8) is 0 Å². The zero-order chi connectivity index (χ0) is 15.7. The first-order valence-electron chi connectivity index (χ1n) is 7.37. The standard InChI is InChI=1S/C17H18FNO2S/c18-17-15-8-4-5-12(11-19)14(15)9-10-16(17)22(20,21)13-6-2-1-3-7-13/h1-3,6-7,9-10,12H,4-5,8,11,19H2/t12-/m0/s1. The second-order valence-electron chi connectivity index (χ2n) is 5.59. The van der Waals surface area contributed by atoms with Crippen LogP contribution in [0.15, 0.2) is 52.3 Å². The Hall–Kier alpha value is -1.72. The first-order valence-corrected chi connectivity index (χ1v) is 8.85. The van der Waals surface area contributed by atoms with Gasteiger partial charge in [-0.05, 0) is 61.1 Å². The molecule has 0 bridgehead atoms. The molecule has 2 N–H and O–H groups in total. The Bertz CT molecular complexity index is 788. The predicted molar refractivity (Wildman–Crippen MR) is 83.0 cm³/mol. The predicted octanol–water partition coefficient (Wildman–Crippen LogP) is 3.04. The highest BCUT2D eigenvalue weighted by Gasteiger charge is 2.28. The minimum Gasteiger partial charge on any atom is -0.330 e. The Morgan fingerprint density at radius 2 is 1.86 bits per heavy atom. The lowest BCUT2D eigenvalue weighted by atomic mass is 9.82. The average Bonchev–Trinajstić information content (AvgIpc) is 2.55. The van der Waals surface area contributed by atoms with E-state index in [1.165, 1.54) is 18.2 Å². The van der Waals surface area contributed by atoms with Crippen molar-refractivity contribution in [3.8, 4) is 0 Å². The van der Waals surface area contributed by atoms with Gasteiger partial charge in [0, 0.05) is 0 Å². The highest BCUT2D eigenvalue weighted by Crippen LogP contribution is 2.36. The van der Waals surface area contributed by atoms with Gasteiger partial charge in [-0.15, -0.1) is 0 Å². The molecule has 0 aliphatic heterocycles. The molecule has 3 nitrogen and oxygen atoms in total. The molecule has 3 rings (SSSR count). The van der Waals surface area contributed by atoms with E-state index in [1.54, 1.807) is 24.3 Å². The largest absolute Gasteiger partial charge is 0.330 e. The van der Waals surface area contributed by atoms with Gasteiger partial charge in [-0.2, -0.15) is 0 Å². The number of halogens is 1. The Morgan fingerprint density at radius 3 is 2.55 bits per heavy atom. The molecule has 0 radical (unpaired) electrons. The molecule has 1 aliphatic carbocycles. The molecular formula is C17H18FNO2S. The molecule has 2 aromatic carbocycles. The quantitative estimate of drug-likeness (QED) is 0.946. The third-order valence-corrected chi connectivity index (χ3v) is 6.08. The molecule has 2 aromatic rings. The lowest BCUT2D eigenvalue weighted by Gasteiger charge is -2.25. The normalized spacial score (nSPS) is 18.0. The summed E-state index contributed by atoms with van der Waals surface area (Å²) in [6, 6.07) is 11.1. The number of benzene rings is 2. The van der Waals surface area contributed by atoms with E-state index in [2.05, 4.69) is 0 Å². The summed E-state index contributed by atoms with van der Waals surface area (Å²) < 4.78 is 40.1. The number of rotatable bonds is 3. The monoisotopic (exact) mass is 319 g/mol. The third-order valence-electron chi connectivity index (χ3n) is 4.29. The highest BCUT2D eigenvalue weighted by molar-refractivity contribution is 7.91. The number of sulfone groups is 1. The van der Waals surface area contributed by atoms with Gasteiger partial charge >= 0.3 is 0 Å². The van der Waals surface area contributed by atoms with Gasteiger partial charge in [0.05, 0.1) is 4.90 Å². The molecule has 5 heteroatoms. The van der Waals surface area contributed by atoms with Crippen LogP contribution in [0, 0.1) is 5.82 Å². The van der Waals surface area contributed by atoms with E-state index in [9.17, 15) is 12.8 Å². The van der Waals surface area contributed by atoms with Crippen LogP contribution in [-0.2, 0) is 16.3 Å². The van der Waals surface area contributed by atoms with Gasteiger partial charge in [0.15, 0.2) is 0 Å². The number of hydrogen-bond donors (Lipinski definition) is 1. The van der Waals surface area contributed by atoms with Crippen LogP contribution in [-0.4, -0.2) is 15.0 Å². The lowest BCUT2D eigenvalue weighted by Crippen LogP contribution is -2.20. The summed E-state index contributed by atoms with van der Waals surface area (Å²) in [5, 5.41) is 0. The van der Waals surface area contributed by atoms with Crippen LogP contribution in [0.1, 0.15) is 29.9 Å². The van der Waals surface area contributed by atoms with Crippen LogP contribution in [0.25, 0.3) is 0 Å². The van der Waals surface area contributed by atoms with E-state index in [0.717, 1.165) is 18.4 Å². The van der Waals surface area contributed by atoms with Crippen LogP contribution in [0.5, 0.6) is 0 Å². The summed E-state index contributed by atoms with van der Waals surface area (Å²) in [5.74, 6) is -0.494. The van der Waals surface area contributed by atoms with Gasteiger partial charge in [0.25, 0.3) is 0 Å². The number of fused-ring (bicyclic) bond motifs is 1. The molecule has 116 valence electrons. The summed E-state index contributed by atoms with van der Waals surface area (Å²) in [6.45, 7) is 0.456. The second-order valence-corrected chi connectivity index (χ2v) is 7.50. The molecule has 0 amide bonds. The van der Waals surface area contributed by atoms with E-state index >= 15 is 0 Å². The number of hydrogen-bond acceptors (Lipinski definition) is 3. The van der Waals surface area contributed by atoms with Crippen molar-refractivity contribution in [2.45, 2.75) is 35.0 Å². The molecule has 1 atom stereocenters. The SMILES string of the molecule is NC[C@@H]1CCCc2c1ccc(S(=O)(=O)c1ccccc1)c2F. The number of nitrogens with two attached hydrogens (primary N) is 1. The van der Waals surface area contributed by atoms with Crippen molar-refractivity contribution in [2.24, 2.45) is 5.73 Å². The fourth-order valence-electron chi connectivity index (χ4n) is 3.11. The molecule has 0 saturated heterocycles. The van der Waals surface area contributed by atoms with E-state index in [-0.39, 0.29) is 15.7 Å². The second kappa shape index (κ2) is 5.82. The summed E-state index contributed by atoms with van der Waals surface area (Å²) >= 11 is 0. The Kier molecular flexibility index (Phi) is 4.02. The summed E-state index contributed by atoms with van der Waals surface area (Å²) in [5.41, 5.74) is 7.11. The summed E-state index contributed by atoms with van der Waals surface area (Å²) in [4.78, 5) is -0.129. The Balaban J connectivity index is 2.14. The molecule has 0 saturated carbocycles. The Labute approximate surface area is 129 Å². The Morgan fingerprint density at radius 1 is 1.14 bits per heavy atom. The van der Waals surface area contributed by atoms with Crippen molar-refractivity contribution >= 4 is 9.84 Å². The van der Waals surface area contributed by atoms with Crippen molar-refractivity contribution in [1.82, 2.24) is 0 Å². The third kappa shape index (κ3) is 2.44. The van der Waals surface area contributed by atoms with Crippen LogP contribution < -0.4 is 5.73 Å². The maximum atomic E-state index is 14.8. The summed E-state index contributed by atoms with van der Waals surface area (Å²) in [6.07, 6.45) is 2.32. The van der Waals surface area contributed by atoms with Crippen molar-refractivity contribution in [2.75, 3.05) is 6.54 Å². The molecule has 0 fully saturated rings. The molecular weight excluding hydrogens is 301 g/mol. The van der Waals surface area contributed by atoms with Crippen LogP contribution in [0.3, 0.4) is 0 Å². The van der Waals surface area contributed by atoms with Crippen LogP contribution in [0.2, 0.25) is 0 Å². The first-order chi connectivity index (χ1) is 10.6. The van der Waals surface area contributed by atoms with E-state index in [1.807, 2.05) is 0 Å². The lowest BCUT2D eigenvalue weighted by molar-refractivity contribution is 0.510. The molecule has 0 heterocycles. The maximum absolute atomic E-state index is 14.8. The summed E-state index contributed by atoms with van der Waals surface area (Å²) in [7, 11) is -3.83. The van der Waals surface area contributed by atoms with Gasteiger partial charge in [-0.1, -0.05) is 24.3 Å². The van der Waals surface area contributed by atoms with Gasteiger partial charge in [-0.3, -0.25) is 0 Å². The van der Waals surface area contributed by atoms with Gasteiger partial charge in [-0.25, -0.2) is 12.8 Å². The van der Waals surface area contributed by atoms with Gasteiger partial charge < -0.3 is 5.73 Å². The highest BCUT2D eigenvalue weighted by atomic mass is 32.2. The zero-order valence-electron chi connectivity index (χ0n) is 12.1. The molecule has 0 aromatic heterocycles. The molecule has 0 unspecified atom stereocenters. The van der Waals surface area contributed by atoms with Crippen LogP contribution in [0.4, 0.5) is 4.39 Å². The average molecular weight is 319 g/mol. The fourth-order valence-corrected chi connectivity index (χ4v) is 4.49. The van der Waals surface area contributed by atoms with Crippen LogP contribution >= 0.6 is 0 Å². The first kappa shape index (κ1) is 15.2. The van der Waals surface area contributed by atoms with Crippen molar-refractivity contribution < 1.29 is 12.8 Å². The molecule has 0 spiro atoms. The zero-order valence-corrected chi connectivity index (χ0v) is 12.9. The van der Waals surface area contributed by atoms with E-state index < -0.39 is 15.7 Å². The maximum Gasteiger partial charge on any atom is 0.209 e. The fraction of sp³-hybridized carbons (Fsp3) is 0.294. The molecule has 1 aliphatic rings. The van der Waals surface area contributed by atoms with Gasteiger partial charge in [0.1, 0.15) is 10.7 Å². The molecule has 22 heavy (non-hydrogen) atoms. The van der Waals surface area contributed by atoms with Gasteiger partial charge in [0.2, 0.25) is 9.84 Å². The van der Waals surface area contributed by atoms with E-state index in [0.29, 0.717) is 18.5 Å². The smallest absolute Gasteiger partial charge is 0.209 e. The topological polar surface area (TPSA) is 60.2 Å². The minimum atomic E-state index is -3.83. The van der Waals surface area contributed by atoms with Crippen molar-refractivity contribution in [1.29, 1.82) is 0 Å². The van der Waals surface area contributed by atoms with E-state index in [4.69, 9.17) is 5.73 Å². The van der Waals surface area contributed by atoms with Crippen molar-refractivity contribution in [3.05, 3.63) is 59.4 Å². The minimum absolute atomic E-state index is 0.111.